The summed E-state index contributed by atoms with van der Waals surface area (Å²) in [4.78, 5) is 44.9. The molecule has 1 aliphatic rings. The van der Waals surface area contributed by atoms with Gasteiger partial charge < -0.3 is 9.40 Å². The number of nitrogens with zero attached hydrogens (tertiary/aromatic N) is 3. The summed E-state index contributed by atoms with van der Waals surface area (Å²) in [6, 6.07) is 5.62. The monoisotopic (exact) mass is 285 g/mol. The van der Waals surface area contributed by atoms with Crippen LogP contribution in [0.15, 0.2) is 43.0 Å². The van der Waals surface area contributed by atoms with Gasteiger partial charge in [0.1, 0.15) is 6.04 Å². The van der Waals surface area contributed by atoms with Crippen LogP contribution in [0, 0.1) is 0 Å². The first-order valence-corrected chi connectivity index (χ1v) is 6.26. The topological polar surface area (TPSA) is 81.5 Å². The summed E-state index contributed by atoms with van der Waals surface area (Å²) < 4.78 is 1.51. The second kappa shape index (κ2) is 4.86. The average Bonchev–Trinajstić information content (AvgIpc) is 3.11. The average molecular weight is 285 g/mol. The zero-order chi connectivity index (χ0) is 15.0. The maximum absolute atomic E-state index is 12.1. The molecule has 2 aromatic rings. The molecule has 0 aliphatic carbocycles. The Morgan fingerprint density at radius 1 is 1.19 bits per heavy atom. The summed E-state index contributed by atoms with van der Waals surface area (Å²) in [5, 5.41) is 0.500. The number of imide groups is 1. The molecule has 1 aliphatic heterocycles. The number of rotatable bonds is 3. The zero-order valence-electron chi connectivity index (χ0n) is 11.1. The summed E-state index contributed by atoms with van der Waals surface area (Å²) in [6.07, 6.45) is 4.56. The third kappa shape index (κ3) is 2.08. The lowest BCUT2D eigenvalue weighted by Gasteiger charge is -2.16. The molecule has 21 heavy (non-hydrogen) atoms. The standard InChI is InChI=1S/C14H11N3O4/c1-9(16-7-6-15-8-16)14(20)21-17-12(18)10-4-2-3-5-11(10)13(17)19/h2-9H,1H3. The van der Waals surface area contributed by atoms with Crippen molar-refractivity contribution in [3.8, 4) is 0 Å². The highest BCUT2D eigenvalue weighted by molar-refractivity contribution is 6.20. The van der Waals surface area contributed by atoms with E-state index in [-0.39, 0.29) is 11.1 Å². The molecule has 0 N–H and O–H groups in total. The molecule has 0 saturated heterocycles. The maximum Gasteiger partial charge on any atom is 0.355 e. The minimum absolute atomic E-state index is 0.227. The van der Waals surface area contributed by atoms with Crippen LogP contribution in [0.5, 0.6) is 0 Å². The minimum atomic E-state index is -0.720. The Labute approximate surface area is 119 Å². The number of hydrogen-bond donors (Lipinski definition) is 0. The van der Waals surface area contributed by atoms with Crippen LogP contribution in [0.4, 0.5) is 0 Å². The zero-order valence-corrected chi connectivity index (χ0v) is 11.1. The molecule has 106 valence electrons. The Morgan fingerprint density at radius 3 is 2.33 bits per heavy atom. The van der Waals surface area contributed by atoms with Gasteiger partial charge in [-0.1, -0.05) is 17.2 Å². The lowest BCUT2D eigenvalue weighted by molar-refractivity contribution is -0.172. The molecule has 0 bridgehead atoms. The van der Waals surface area contributed by atoms with E-state index in [1.54, 1.807) is 25.3 Å². The van der Waals surface area contributed by atoms with Crippen LogP contribution < -0.4 is 0 Å². The smallest absolute Gasteiger partial charge is 0.327 e. The molecule has 7 heteroatoms. The molecule has 1 unspecified atom stereocenters. The number of carbonyl (C=O) groups is 3. The van der Waals surface area contributed by atoms with E-state index in [1.807, 2.05) is 0 Å². The van der Waals surface area contributed by atoms with E-state index in [9.17, 15) is 14.4 Å². The van der Waals surface area contributed by atoms with E-state index in [0.29, 0.717) is 5.06 Å². The maximum atomic E-state index is 12.1. The molecule has 7 nitrogen and oxygen atoms in total. The first-order chi connectivity index (χ1) is 10.1. The molecule has 1 aromatic carbocycles. The molecule has 2 amide bonds. The van der Waals surface area contributed by atoms with Gasteiger partial charge in [0.05, 0.1) is 17.5 Å². The van der Waals surface area contributed by atoms with Crippen molar-refractivity contribution in [2.45, 2.75) is 13.0 Å². The van der Waals surface area contributed by atoms with E-state index < -0.39 is 23.8 Å². The van der Waals surface area contributed by atoms with E-state index in [0.717, 1.165) is 0 Å². The summed E-state index contributed by atoms with van der Waals surface area (Å²) in [7, 11) is 0. The molecule has 3 rings (SSSR count). The Morgan fingerprint density at radius 2 is 1.81 bits per heavy atom. The Balaban J connectivity index is 1.79. The molecule has 1 aromatic heterocycles. The SMILES string of the molecule is CC(C(=O)ON1C(=O)c2ccccc2C1=O)n1ccnc1. The Hall–Kier alpha value is -2.96. The lowest BCUT2D eigenvalue weighted by atomic mass is 10.1. The van der Waals surface area contributed by atoms with Gasteiger partial charge in [-0.3, -0.25) is 9.59 Å². The van der Waals surface area contributed by atoms with E-state index >= 15 is 0 Å². The second-order valence-electron chi connectivity index (χ2n) is 4.55. The number of hydrogen-bond acceptors (Lipinski definition) is 5. The predicted octanol–water partition coefficient (Wildman–Crippen LogP) is 1.20. The fourth-order valence-electron chi connectivity index (χ4n) is 2.04. The summed E-state index contributed by atoms with van der Waals surface area (Å²) in [6.45, 7) is 1.59. The van der Waals surface area contributed by atoms with Gasteiger partial charge in [-0.05, 0) is 19.1 Å². The van der Waals surface area contributed by atoms with Crippen molar-refractivity contribution in [3.05, 3.63) is 54.1 Å². The molecule has 0 fully saturated rings. The number of imidazole rings is 1. The van der Waals surface area contributed by atoms with Gasteiger partial charge in [-0.25, -0.2) is 9.78 Å². The van der Waals surface area contributed by atoms with Gasteiger partial charge in [0.15, 0.2) is 0 Å². The van der Waals surface area contributed by atoms with Gasteiger partial charge in [0, 0.05) is 12.4 Å². The third-order valence-electron chi connectivity index (χ3n) is 3.25. The number of amides is 2. The fraction of sp³-hybridized carbons (Fsp3) is 0.143. The van der Waals surface area contributed by atoms with Gasteiger partial charge in [0.2, 0.25) is 0 Å². The Kier molecular flexibility index (Phi) is 3.02. The fourth-order valence-corrected chi connectivity index (χ4v) is 2.04. The summed E-state index contributed by atoms with van der Waals surface area (Å²) in [5.74, 6) is -1.99. The van der Waals surface area contributed by atoms with Gasteiger partial charge in [-0.15, -0.1) is 0 Å². The Bertz CT molecular complexity index is 689. The van der Waals surface area contributed by atoms with Crippen LogP contribution in [0.1, 0.15) is 33.7 Å². The first kappa shape index (κ1) is 13.0. The molecule has 2 heterocycles. The van der Waals surface area contributed by atoms with Gasteiger partial charge in [0.25, 0.3) is 11.8 Å². The van der Waals surface area contributed by atoms with Crippen molar-refractivity contribution in [1.29, 1.82) is 0 Å². The largest absolute Gasteiger partial charge is 0.355 e. The number of fused-ring (bicyclic) bond motifs is 1. The van der Waals surface area contributed by atoms with Crippen molar-refractivity contribution in [3.63, 3.8) is 0 Å². The summed E-state index contributed by atoms with van der Waals surface area (Å²) in [5.41, 5.74) is 0.455. The predicted molar refractivity (Wildman–Crippen MR) is 70.0 cm³/mol. The number of hydroxylamine groups is 2. The van der Waals surface area contributed by atoms with Crippen molar-refractivity contribution >= 4 is 17.8 Å². The van der Waals surface area contributed by atoms with E-state index in [1.165, 1.54) is 29.2 Å². The van der Waals surface area contributed by atoms with E-state index in [2.05, 4.69) is 4.98 Å². The summed E-state index contributed by atoms with van der Waals surface area (Å²) >= 11 is 0. The molecule has 1 atom stereocenters. The highest BCUT2D eigenvalue weighted by atomic mass is 16.7. The van der Waals surface area contributed by atoms with E-state index in [4.69, 9.17) is 4.84 Å². The van der Waals surface area contributed by atoms with Gasteiger partial charge >= 0.3 is 5.97 Å². The minimum Gasteiger partial charge on any atom is -0.327 e. The quantitative estimate of drug-likeness (QED) is 0.791. The van der Waals surface area contributed by atoms with Crippen LogP contribution in [0.3, 0.4) is 0 Å². The normalized spacial score (nSPS) is 15.0. The van der Waals surface area contributed by atoms with Crippen molar-refractivity contribution in [2.75, 3.05) is 0 Å². The number of aromatic nitrogens is 2. The van der Waals surface area contributed by atoms with Crippen LogP contribution in [0.25, 0.3) is 0 Å². The van der Waals surface area contributed by atoms with Crippen LogP contribution >= 0.6 is 0 Å². The van der Waals surface area contributed by atoms with Crippen molar-refractivity contribution in [1.82, 2.24) is 14.6 Å². The highest BCUT2D eigenvalue weighted by Crippen LogP contribution is 2.23. The molecular formula is C14H11N3O4. The second-order valence-corrected chi connectivity index (χ2v) is 4.55. The molecule has 0 radical (unpaired) electrons. The van der Waals surface area contributed by atoms with Crippen LogP contribution in [-0.2, 0) is 9.63 Å². The van der Waals surface area contributed by atoms with Crippen LogP contribution in [-0.4, -0.2) is 32.4 Å². The molecular weight excluding hydrogens is 274 g/mol. The molecule has 0 spiro atoms. The van der Waals surface area contributed by atoms with Crippen LogP contribution in [0.2, 0.25) is 0 Å². The lowest BCUT2D eigenvalue weighted by Crippen LogP contribution is -2.35. The van der Waals surface area contributed by atoms with Gasteiger partial charge in [-0.2, -0.15) is 0 Å². The third-order valence-corrected chi connectivity index (χ3v) is 3.25. The van der Waals surface area contributed by atoms with Crippen molar-refractivity contribution in [2.24, 2.45) is 0 Å². The van der Waals surface area contributed by atoms with Crippen molar-refractivity contribution < 1.29 is 19.2 Å². The number of carbonyl (C=O) groups excluding carboxylic acids is 3. The molecule has 0 saturated carbocycles. The number of benzene rings is 1. The highest BCUT2D eigenvalue weighted by Gasteiger charge is 2.39. The first-order valence-electron chi connectivity index (χ1n) is 6.26.